The maximum atomic E-state index is 12.2. The molecule has 0 spiro atoms. The van der Waals surface area contributed by atoms with Gasteiger partial charge in [0.1, 0.15) is 16.6 Å². The number of halogens is 1. The molecular weight excluding hydrogens is 683 g/mol. The van der Waals surface area contributed by atoms with E-state index in [1.807, 2.05) is 49.4 Å². The van der Waals surface area contributed by atoms with Crippen molar-refractivity contribution in [1.82, 2.24) is 14.9 Å². The Bertz CT molecular complexity index is 1650. The van der Waals surface area contributed by atoms with Gasteiger partial charge in [-0.25, -0.2) is 14.6 Å². The number of aryl methyl sites for hydroxylation is 1. The van der Waals surface area contributed by atoms with Crippen LogP contribution < -0.4 is 15.6 Å². The molecule has 0 saturated carbocycles. The van der Waals surface area contributed by atoms with Crippen molar-refractivity contribution in [3.05, 3.63) is 106 Å². The highest BCUT2D eigenvalue weighted by Crippen LogP contribution is 2.40. The smallest absolute Gasteiger partial charge is 0.404 e. The van der Waals surface area contributed by atoms with Crippen LogP contribution in [-0.2, 0) is 38.5 Å². The van der Waals surface area contributed by atoms with Crippen LogP contribution >= 0.6 is 31.7 Å². The first-order valence-electron chi connectivity index (χ1n) is 16.1. The summed E-state index contributed by atoms with van der Waals surface area (Å²) in [5, 5.41) is 5.09. The monoisotopic (exact) mass is 726 g/mol. The molecule has 49 heavy (non-hydrogen) atoms. The average molecular weight is 727 g/mol. The van der Waals surface area contributed by atoms with Crippen molar-refractivity contribution in [2.45, 2.75) is 76.3 Å². The number of benzene rings is 3. The Hall–Kier alpha value is -3.60. The molecule has 0 bridgehead atoms. The summed E-state index contributed by atoms with van der Waals surface area (Å²) in [5.74, 6) is 1.02. The molecule has 0 saturated heterocycles. The van der Waals surface area contributed by atoms with Crippen molar-refractivity contribution in [3.63, 3.8) is 0 Å². The third-order valence-corrected chi connectivity index (χ3v) is 10.0. The van der Waals surface area contributed by atoms with E-state index in [1.165, 1.54) is 0 Å². The number of rotatable bonds is 18. The maximum Gasteiger partial charge on any atom is 0.404 e. The van der Waals surface area contributed by atoms with Crippen LogP contribution in [-0.4, -0.2) is 47.0 Å². The molecule has 1 heterocycles. The van der Waals surface area contributed by atoms with Crippen LogP contribution in [0.15, 0.2) is 82.7 Å². The Morgan fingerprint density at radius 1 is 1.02 bits per heavy atom. The molecule has 0 radical (unpaired) electrons. The molecule has 0 aliphatic rings. The number of hydrogen-bond acceptors (Lipinski definition) is 9. The zero-order valence-electron chi connectivity index (χ0n) is 28.5. The first-order chi connectivity index (χ1) is 23.5. The maximum absolute atomic E-state index is 12.2. The van der Waals surface area contributed by atoms with E-state index in [2.05, 4.69) is 54.1 Å². The van der Waals surface area contributed by atoms with Gasteiger partial charge in [-0.15, -0.1) is 0 Å². The van der Waals surface area contributed by atoms with Crippen molar-refractivity contribution < 1.29 is 28.1 Å². The molecule has 4 rings (SSSR count). The summed E-state index contributed by atoms with van der Waals surface area (Å²) < 4.78 is 24.5. The quantitative estimate of drug-likeness (QED) is 0.0593. The van der Waals surface area contributed by atoms with Crippen molar-refractivity contribution in [3.8, 4) is 5.75 Å². The number of nitrogens with two attached hydrogens (primary N) is 1. The zero-order chi connectivity index (χ0) is 35.3. The highest BCUT2D eigenvalue weighted by molar-refractivity contribution is 7.99. The fourth-order valence-electron chi connectivity index (χ4n) is 4.81. The Kier molecular flexibility index (Phi) is 14.8. The molecule has 1 aromatic heterocycles. The van der Waals surface area contributed by atoms with Gasteiger partial charge in [0.2, 0.25) is 8.38 Å². The second-order valence-electron chi connectivity index (χ2n) is 11.6. The van der Waals surface area contributed by atoms with Gasteiger partial charge in [-0.2, -0.15) is 0 Å². The Labute approximate surface area is 298 Å². The third kappa shape index (κ3) is 12.0. The lowest BCUT2D eigenvalue weighted by Crippen LogP contribution is -2.24. The minimum absolute atomic E-state index is 0.0367. The number of carbonyl (C=O) groups excluding carboxylic acids is 2. The van der Waals surface area contributed by atoms with Crippen LogP contribution in [0.4, 0.5) is 4.79 Å². The summed E-state index contributed by atoms with van der Waals surface area (Å²) in [6.07, 6.45) is -1.00. The topological polar surface area (TPSA) is 127 Å². The number of hydrogen-bond donors (Lipinski definition) is 2. The van der Waals surface area contributed by atoms with Crippen LogP contribution in [0.1, 0.15) is 61.8 Å². The number of imidazole rings is 1. The second kappa shape index (κ2) is 19.0. The van der Waals surface area contributed by atoms with E-state index >= 15 is 0 Å². The highest BCUT2D eigenvalue weighted by Gasteiger charge is 2.24. The van der Waals surface area contributed by atoms with Gasteiger partial charge >= 0.3 is 12.1 Å². The molecule has 2 atom stereocenters. The van der Waals surface area contributed by atoms with Gasteiger partial charge in [0.25, 0.3) is 0 Å². The first kappa shape index (κ1) is 38.2. The van der Waals surface area contributed by atoms with Crippen LogP contribution in [0.2, 0.25) is 5.02 Å². The number of para-hydroxylation sites is 1. The Morgan fingerprint density at radius 2 is 1.73 bits per heavy atom. The molecule has 1 amide bonds. The van der Waals surface area contributed by atoms with E-state index in [9.17, 15) is 9.59 Å². The molecule has 262 valence electrons. The summed E-state index contributed by atoms with van der Waals surface area (Å²) in [6, 6.07) is 23.7. The summed E-state index contributed by atoms with van der Waals surface area (Å²) in [6.45, 7) is 11.7. The molecule has 4 aromatic rings. The molecule has 0 aliphatic heterocycles. The van der Waals surface area contributed by atoms with Gasteiger partial charge in [-0.1, -0.05) is 79.7 Å². The first-order valence-corrected chi connectivity index (χ1v) is 18.7. The summed E-state index contributed by atoms with van der Waals surface area (Å²) in [5.41, 5.74) is 9.44. The minimum Gasteiger partial charge on any atom is -0.464 e. The van der Waals surface area contributed by atoms with Crippen LogP contribution in [0.25, 0.3) is 0 Å². The van der Waals surface area contributed by atoms with Gasteiger partial charge in [-0.3, -0.25) is 0 Å². The largest absolute Gasteiger partial charge is 0.464 e. The van der Waals surface area contributed by atoms with Crippen LogP contribution in [0.3, 0.4) is 0 Å². The number of nitrogens with zero attached hydrogens (tertiary/aromatic N) is 2. The predicted octanol–water partition coefficient (Wildman–Crippen LogP) is 8.21. The van der Waals surface area contributed by atoms with E-state index in [1.54, 1.807) is 25.6 Å². The minimum atomic E-state index is -1.39. The molecular formula is C36H44ClN4O6PS. The number of primary amides is 1. The lowest BCUT2D eigenvalue weighted by atomic mass is 10.1. The second-order valence-corrected chi connectivity index (χ2v) is 14.6. The predicted molar refractivity (Wildman–Crippen MR) is 194 cm³/mol. The molecule has 2 unspecified atom stereocenters. The van der Waals surface area contributed by atoms with Crippen molar-refractivity contribution in [2.24, 2.45) is 5.73 Å². The lowest BCUT2D eigenvalue weighted by Gasteiger charge is -2.21. The van der Waals surface area contributed by atoms with Crippen LogP contribution in [0.5, 0.6) is 5.75 Å². The normalized spacial score (nSPS) is 12.5. The molecule has 0 fully saturated rings. The molecule has 0 aliphatic carbocycles. The Balaban J connectivity index is 1.43. The molecule has 10 nitrogen and oxygen atoms in total. The van der Waals surface area contributed by atoms with Crippen LogP contribution in [0, 0.1) is 6.92 Å². The SMILES string of the molecule is CCOC(=O)C(C)OP(CCNCc1ccc(Cn2c(COC(N)=O)nc(C(C)C)c2Sc2cc(C)cc(Cl)c2)cc1)Oc1ccccc1. The van der Waals surface area contributed by atoms with E-state index < -0.39 is 26.5 Å². The van der Waals surface area contributed by atoms with E-state index in [0.29, 0.717) is 49.0 Å². The third-order valence-electron chi connectivity index (χ3n) is 7.15. The Morgan fingerprint density at radius 3 is 2.39 bits per heavy atom. The highest BCUT2D eigenvalue weighted by atomic mass is 35.5. The van der Waals surface area contributed by atoms with E-state index in [0.717, 1.165) is 32.3 Å². The number of esters is 1. The van der Waals surface area contributed by atoms with E-state index in [4.69, 9.17) is 40.8 Å². The lowest BCUT2D eigenvalue weighted by molar-refractivity contribution is -0.150. The number of carbonyl (C=O) groups is 2. The number of ether oxygens (including phenoxy) is 2. The van der Waals surface area contributed by atoms with Gasteiger partial charge in [-0.05, 0) is 73.7 Å². The van der Waals surface area contributed by atoms with Gasteiger partial charge in [0.15, 0.2) is 12.7 Å². The van der Waals surface area contributed by atoms with E-state index in [-0.39, 0.29) is 12.5 Å². The standard InChI is InChI=1S/C36H44ClN4O6PS/c1-6-44-35(42)26(5)46-48(47-30-10-8-7-9-11-30)17-16-39-21-27-12-14-28(15-13-27)22-41-32(23-45-36(38)43)40-33(24(2)3)34(41)49-31-19-25(4)18-29(37)20-31/h7-15,18-20,24,26,39H,6,16-17,21-23H2,1-5H3,(H2,38,43). The molecule has 3 N–H and O–H groups in total. The number of nitrogens with one attached hydrogen (secondary N) is 1. The molecule has 3 aromatic carbocycles. The van der Waals surface area contributed by atoms with Crippen molar-refractivity contribution in [1.29, 1.82) is 0 Å². The van der Waals surface area contributed by atoms with Crippen molar-refractivity contribution >= 4 is 43.8 Å². The molecule has 13 heteroatoms. The van der Waals surface area contributed by atoms with Gasteiger partial charge < -0.3 is 34.1 Å². The summed E-state index contributed by atoms with van der Waals surface area (Å²) in [4.78, 5) is 29.6. The zero-order valence-corrected chi connectivity index (χ0v) is 30.9. The summed E-state index contributed by atoms with van der Waals surface area (Å²) in [7, 11) is -1.39. The number of amides is 1. The number of aromatic nitrogens is 2. The van der Waals surface area contributed by atoms with Gasteiger partial charge in [0.05, 0.1) is 12.3 Å². The van der Waals surface area contributed by atoms with Gasteiger partial charge in [0, 0.05) is 35.7 Å². The fourth-order valence-corrected chi connectivity index (χ4v) is 7.86. The fraction of sp³-hybridized carbons (Fsp3) is 0.361. The average Bonchev–Trinajstić information content (AvgIpc) is 3.39. The summed E-state index contributed by atoms with van der Waals surface area (Å²) >= 11 is 7.98. The van der Waals surface area contributed by atoms with Crippen molar-refractivity contribution in [2.75, 3.05) is 19.3 Å².